The van der Waals surface area contributed by atoms with E-state index in [0.29, 0.717) is 18.9 Å². The van der Waals surface area contributed by atoms with E-state index in [0.717, 1.165) is 24.4 Å². The predicted octanol–water partition coefficient (Wildman–Crippen LogP) is 2.04. The Morgan fingerprint density at radius 1 is 1.35 bits per heavy atom. The molecule has 1 rings (SSSR count). The van der Waals surface area contributed by atoms with Crippen molar-refractivity contribution < 1.29 is 9.53 Å². The van der Waals surface area contributed by atoms with Crippen LogP contribution in [0, 0.1) is 0 Å². The molecule has 0 aliphatic heterocycles. The molecular weight excluding hydrogens is 272 g/mol. The Bertz CT molecular complexity index is 399. The fourth-order valence-corrected chi connectivity index (χ4v) is 2.46. The number of carbonyl (C=O) groups is 1. The number of ether oxygens (including phenoxy) is 1. The van der Waals surface area contributed by atoms with Crippen LogP contribution >= 0.6 is 11.8 Å². The molecule has 112 valence electrons. The highest BCUT2D eigenvalue weighted by Gasteiger charge is 2.03. The van der Waals surface area contributed by atoms with Crippen LogP contribution in [-0.4, -0.2) is 38.5 Å². The standard InChI is InChI=1S/C15H24N2O2S/c1-3-7-16-11-13-5-4-6-14(10-13)20-12-15(18)17-8-9-19-2/h4-6,10,16H,3,7-9,11-12H2,1-2H3,(H,17,18). The number of amides is 1. The van der Waals surface area contributed by atoms with Gasteiger partial charge in [0.15, 0.2) is 0 Å². The summed E-state index contributed by atoms with van der Waals surface area (Å²) in [5.41, 5.74) is 1.25. The van der Waals surface area contributed by atoms with Gasteiger partial charge in [0, 0.05) is 25.1 Å². The molecule has 0 aliphatic carbocycles. The molecule has 0 heterocycles. The van der Waals surface area contributed by atoms with Gasteiger partial charge in [-0.1, -0.05) is 19.1 Å². The Morgan fingerprint density at radius 3 is 2.95 bits per heavy atom. The van der Waals surface area contributed by atoms with Crippen LogP contribution in [0.4, 0.5) is 0 Å². The lowest BCUT2D eigenvalue weighted by Crippen LogP contribution is -2.28. The Labute approximate surface area is 125 Å². The maximum Gasteiger partial charge on any atom is 0.230 e. The molecule has 0 aromatic heterocycles. The zero-order chi connectivity index (χ0) is 14.6. The van der Waals surface area contributed by atoms with Crippen molar-refractivity contribution in [2.45, 2.75) is 24.8 Å². The molecule has 0 atom stereocenters. The fraction of sp³-hybridized carbons (Fsp3) is 0.533. The van der Waals surface area contributed by atoms with Gasteiger partial charge in [0.05, 0.1) is 12.4 Å². The SMILES string of the molecule is CCCNCc1cccc(SCC(=O)NCCOC)c1. The summed E-state index contributed by atoms with van der Waals surface area (Å²) in [7, 11) is 1.62. The first kappa shape index (κ1) is 17.0. The first-order chi connectivity index (χ1) is 9.76. The summed E-state index contributed by atoms with van der Waals surface area (Å²) in [4.78, 5) is 12.7. The van der Waals surface area contributed by atoms with E-state index in [4.69, 9.17) is 4.74 Å². The van der Waals surface area contributed by atoms with Crippen LogP contribution in [-0.2, 0) is 16.1 Å². The van der Waals surface area contributed by atoms with Crippen molar-refractivity contribution in [1.82, 2.24) is 10.6 Å². The molecular formula is C15H24N2O2S. The second-order valence-electron chi connectivity index (χ2n) is 4.46. The third-order valence-corrected chi connectivity index (χ3v) is 3.65. The first-order valence-electron chi connectivity index (χ1n) is 6.94. The average molecular weight is 296 g/mol. The minimum atomic E-state index is 0.0431. The Balaban J connectivity index is 2.32. The number of benzene rings is 1. The van der Waals surface area contributed by atoms with Crippen molar-refractivity contribution in [2.75, 3.05) is 32.6 Å². The molecule has 1 aromatic carbocycles. The molecule has 20 heavy (non-hydrogen) atoms. The smallest absolute Gasteiger partial charge is 0.230 e. The molecule has 0 saturated carbocycles. The van der Waals surface area contributed by atoms with Crippen molar-refractivity contribution in [3.8, 4) is 0 Å². The molecule has 2 N–H and O–H groups in total. The van der Waals surface area contributed by atoms with Crippen molar-refractivity contribution in [2.24, 2.45) is 0 Å². The van der Waals surface area contributed by atoms with Gasteiger partial charge in [-0.05, 0) is 30.7 Å². The maximum absolute atomic E-state index is 11.6. The number of rotatable bonds is 10. The van der Waals surface area contributed by atoms with Gasteiger partial charge in [-0.2, -0.15) is 0 Å². The highest BCUT2D eigenvalue weighted by atomic mass is 32.2. The summed E-state index contributed by atoms with van der Waals surface area (Å²) in [6.07, 6.45) is 1.14. The Hall–Kier alpha value is -1.04. The molecule has 0 unspecified atom stereocenters. The monoisotopic (exact) mass is 296 g/mol. The van der Waals surface area contributed by atoms with Crippen molar-refractivity contribution in [1.29, 1.82) is 0 Å². The number of nitrogens with one attached hydrogen (secondary N) is 2. The van der Waals surface area contributed by atoms with E-state index >= 15 is 0 Å². The third-order valence-electron chi connectivity index (χ3n) is 2.65. The topological polar surface area (TPSA) is 50.4 Å². The fourth-order valence-electron chi connectivity index (χ4n) is 1.65. The Kier molecular flexibility index (Phi) is 9.11. The van der Waals surface area contributed by atoms with Crippen molar-refractivity contribution in [3.05, 3.63) is 29.8 Å². The summed E-state index contributed by atoms with van der Waals surface area (Å²) >= 11 is 1.56. The van der Waals surface area contributed by atoms with Gasteiger partial charge in [0.2, 0.25) is 5.91 Å². The molecule has 5 heteroatoms. The van der Waals surface area contributed by atoms with Crippen LogP contribution in [0.3, 0.4) is 0 Å². The molecule has 0 fully saturated rings. The summed E-state index contributed by atoms with van der Waals surface area (Å²) < 4.78 is 4.89. The van der Waals surface area contributed by atoms with Gasteiger partial charge in [-0.25, -0.2) is 0 Å². The van der Waals surface area contributed by atoms with Gasteiger partial charge in [-0.15, -0.1) is 11.8 Å². The second kappa shape index (κ2) is 10.7. The van der Waals surface area contributed by atoms with E-state index in [2.05, 4.69) is 29.7 Å². The van der Waals surface area contributed by atoms with Crippen LogP contribution in [0.2, 0.25) is 0 Å². The second-order valence-corrected chi connectivity index (χ2v) is 5.50. The van der Waals surface area contributed by atoms with E-state index in [1.54, 1.807) is 18.9 Å². The summed E-state index contributed by atoms with van der Waals surface area (Å²) in [6, 6.07) is 8.31. The lowest BCUT2D eigenvalue weighted by Gasteiger charge is -2.07. The number of methoxy groups -OCH3 is 1. The Morgan fingerprint density at radius 2 is 2.20 bits per heavy atom. The van der Waals surface area contributed by atoms with Gasteiger partial charge >= 0.3 is 0 Å². The van der Waals surface area contributed by atoms with Crippen LogP contribution in [0.25, 0.3) is 0 Å². The van der Waals surface area contributed by atoms with Crippen molar-refractivity contribution in [3.63, 3.8) is 0 Å². The van der Waals surface area contributed by atoms with E-state index in [-0.39, 0.29) is 5.91 Å². The summed E-state index contributed by atoms with van der Waals surface area (Å²) in [5.74, 6) is 0.483. The summed E-state index contributed by atoms with van der Waals surface area (Å²) in [5, 5.41) is 6.19. The number of hydrogen-bond donors (Lipinski definition) is 2. The van der Waals surface area contributed by atoms with Crippen LogP contribution in [0.1, 0.15) is 18.9 Å². The molecule has 4 nitrogen and oxygen atoms in total. The minimum Gasteiger partial charge on any atom is -0.383 e. The molecule has 0 aliphatic rings. The van der Waals surface area contributed by atoms with E-state index in [9.17, 15) is 4.79 Å². The predicted molar refractivity (Wildman–Crippen MR) is 84.0 cm³/mol. The van der Waals surface area contributed by atoms with Gasteiger partial charge in [-0.3, -0.25) is 4.79 Å². The zero-order valence-electron chi connectivity index (χ0n) is 12.3. The first-order valence-corrected chi connectivity index (χ1v) is 7.93. The summed E-state index contributed by atoms with van der Waals surface area (Å²) in [6.45, 7) is 5.18. The zero-order valence-corrected chi connectivity index (χ0v) is 13.1. The molecule has 0 bridgehead atoms. The number of hydrogen-bond acceptors (Lipinski definition) is 4. The van der Waals surface area contributed by atoms with Crippen LogP contribution < -0.4 is 10.6 Å². The van der Waals surface area contributed by atoms with Crippen LogP contribution in [0.5, 0.6) is 0 Å². The quantitative estimate of drug-likeness (QED) is 0.512. The highest BCUT2D eigenvalue weighted by Crippen LogP contribution is 2.18. The number of thioether (sulfide) groups is 1. The largest absolute Gasteiger partial charge is 0.383 e. The van der Waals surface area contributed by atoms with Gasteiger partial charge in [0.25, 0.3) is 0 Å². The molecule has 1 amide bonds. The lowest BCUT2D eigenvalue weighted by molar-refractivity contribution is -0.118. The van der Waals surface area contributed by atoms with Gasteiger partial charge in [0.1, 0.15) is 0 Å². The molecule has 1 aromatic rings. The molecule has 0 saturated heterocycles. The third kappa shape index (κ3) is 7.53. The van der Waals surface area contributed by atoms with Crippen LogP contribution in [0.15, 0.2) is 29.2 Å². The van der Waals surface area contributed by atoms with E-state index in [1.807, 2.05) is 12.1 Å². The van der Waals surface area contributed by atoms with E-state index in [1.165, 1.54) is 5.56 Å². The van der Waals surface area contributed by atoms with Crippen molar-refractivity contribution >= 4 is 17.7 Å². The molecule has 0 radical (unpaired) electrons. The van der Waals surface area contributed by atoms with E-state index < -0.39 is 0 Å². The number of carbonyl (C=O) groups excluding carboxylic acids is 1. The maximum atomic E-state index is 11.6. The lowest BCUT2D eigenvalue weighted by atomic mass is 10.2. The average Bonchev–Trinajstić information content (AvgIpc) is 2.46. The highest BCUT2D eigenvalue weighted by molar-refractivity contribution is 8.00. The normalized spacial score (nSPS) is 10.5. The van der Waals surface area contributed by atoms with Gasteiger partial charge < -0.3 is 15.4 Å². The molecule has 0 spiro atoms. The minimum absolute atomic E-state index is 0.0431.